The van der Waals surface area contributed by atoms with Gasteiger partial charge >= 0.3 is 5.97 Å². The lowest BCUT2D eigenvalue weighted by molar-refractivity contribution is -0.117. The first kappa shape index (κ1) is 17.1. The van der Waals surface area contributed by atoms with Crippen molar-refractivity contribution in [3.8, 4) is 11.1 Å². The van der Waals surface area contributed by atoms with Crippen LogP contribution in [0.2, 0.25) is 0 Å². The molecule has 0 radical (unpaired) electrons. The van der Waals surface area contributed by atoms with Gasteiger partial charge in [0.25, 0.3) is 0 Å². The van der Waals surface area contributed by atoms with Crippen LogP contribution in [0.3, 0.4) is 0 Å². The summed E-state index contributed by atoms with van der Waals surface area (Å²) in [5.74, 6) is -0.456. The first-order valence-electron chi connectivity index (χ1n) is 8.16. The second kappa shape index (κ2) is 6.64. The number of carbonyl (C=O) groups excluding carboxylic acids is 2. The Morgan fingerprint density at radius 3 is 2.56 bits per heavy atom. The summed E-state index contributed by atoms with van der Waals surface area (Å²) >= 11 is 0. The number of benzene rings is 1. The standard InChI is InChI=1S/C19H21N3O3/c1-11-8-16(20)15-9-13(5-7-18(15)22(11)12(2)23)14-4-6-17(21-10-14)19(24)25-3/h4-7,9-11,16H,8,20H2,1-3H3/t11-,16+/m0/s1. The Hall–Kier alpha value is -2.73. The van der Waals surface area contributed by atoms with E-state index in [-0.39, 0.29) is 23.7 Å². The van der Waals surface area contributed by atoms with Gasteiger partial charge in [-0.2, -0.15) is 0 Å². The van der Waals surface area contributed by atoms with Gasteiger partial charge in [0, 0.05) is 36.5 Å². The van der Waals surface area contributed by atoms with E-state index in [1.807, 2.05) is 31.2 Å². The Bertz CT molecular complexity index is 817. The molecule has 2 heterocycles. The van der Waals surface area contributed by atoms with Crippen molar-refractivity contribution in [3.63, 3.8) is 0 Å². The molecule has 1 aliphatic rings. The summed E-state index contributed by atoms with van der Waals surface area (Å²) < 4.78 is 4.66. The number of amides is 1. The lowest BCUT2D eigenvalue weighted by Gasteiger charge is -2.37. The monoisotopic (exact) mass is 339 g/mol. The van der Waals surface area contributed by atoms with E-state index in [0.717, 1.165) is 28.8 Å². The van der Waals surface area contributed by atoms with Crippen molar-refractivity contribution in [2.75, 3.05) is 12.0 Å². The zero-order chi connectivity index (χ0) is 18.1. The average molecular weight is 339 g/mol. The molecular formula is C19H21N3O3. The van der Waals surface area contributed by atoms with Gasteiger partial charge in [-0.1, -0.05) is 12.1 Å². The predicted octanol–water partition coefficient (Wildman–Crippen LogP) is 2.68. The third-order valence-corrected chi connectivity index (χ3v) is 4.55. The molecule has 1 aromatic carbocycles. The highest BCUT2D eigenvalue weighted by Gasteiger charge is 2.30. The molecule has 6 nitrogen and oxygen atoms in total. The number of rotatable bonds is 2. The van der Waals surface area contributed by atoms with Gasteiger partial charge in [-0.15, -0.1) is 0 Å². The van der Waals surface area contributed by atoms with E-state index in [0.29, 0.717) is 0 Å². The molecule has 1 aromatic heterocycles. The van der Waals surface area contributed by atoms with Gasteiger partial charge in [0.1, 0.15) is 5.69 Å². The van der Waals surface area contributed by atoms with Crippen LogP contribution >= 0.6 is 0 Å². The molecule has 130 valence electrons. The van der Waals surface area contributed by atoms with Crippen LogP contribution in [0.25, 0.3) is 11.1 Å². The first-order chi connectivity index (χ1) is 11.9. The molecule has 2 atom stereocenters. The minimum Gasteiger partial charge on any atom is -0.464 e. The van der Waals surface area contributed by atoms with E-state index in [1.54, 1.807) is 24.1 Å². The minimum absolute atomic E-state index is 0.0116. The van der Waals surface area contributed by atoms with Gasteiger partial charge in [0.05, 0.1) is 7.11 Å². The van der Waals surface area contributed by atoms with E-state index in [2.05, 4.69) is 9.72 Å². The topological polar surface area (TPSA) is 85.5 Å². The molecule has 2 N–H and O–H groups in total. The van der Waals surface area contributed by atoms with E-state index >= 15 is 0 Å². The second-order valence-corrected chi connectivity index (χ2v) is 6.28. The predicted molar refractivity (Wildman–Crippen MR) is 95.2 cm³/mol. The highest BCUT2D eigenvalue weighted by atomic mass is 16.5. The number of hydrogen-bond donors (Lipinski definition) is 1. The lowest BCUT2D eigenvalue weighted by atomic mass is 9.90. The largest absolute Gasteiger partial charge is 0.464 e. The normalized spacial score (nSPS) is 19.3. The molecule has 0 aliphatic carbocycles. The zero-order valence-electron chi connectivity index (χ0n) is 14.5. The fourth-order valence-electron chi connectivity index (χ4n) is 3.36. The number of pyridine rings is 1. The molecule has 2 aromatic rings. The van der Waals surface area contributed by atoms with Crippen LogP contribution < -0.4 is 10.6 Å². The van der Waals surface area contributed by atoms with Crippen LogP contribution in [0.5, 0.6) is 0 Å². The number of aromatic nitrogens is 1. The maximum absolute atomic E-state index is 12.0. The molecule has 0 bridgehead atoms. The van der Waals surface area contributed by atoms with Crippen LogP contribution in [0.4, 0.5) is 5.69 Å². The lowest BCUT2D eigenvalue weighted by Crippen LogP contribution is -2.43. The van der Waals surface area contributed by atoms with Crippen LogP contribution in [0.1, 0.15) is 42.4 Å². The van der Waals surface area contributed by atoms with E-state index in [4.69, 9.17) is 5.73 Å². The summed E-state index contributed by atoms with van der Waals surface area (Å²) in [6.07, 6.45) is 2.35. The maximum Gasteiger partial charge on any atom is 0.356 e. The first-order valence-corrected chi connectivity index (χ1v) is 8.16. The van der Waals surface area contributed by atoms with Gasteiger partial charge in [0.15, 0.2) is 0 Å². The number of methoxy groups -OCH3 is 1. The summed E-state index contributed by atoms with van der Waals surface area (Å²) in [7, 11) is 1.32. The quantitative estimate of drug-likeness (QED) is 0.850. The summed E-state index contributed by atoms with van der Waals surface area (Å²) in [6.45, 7) is 3.58. The number of carbonyl (C=O) groups is 2. The molecule has 1 aliphatic heterocycles. The molecule has 0 unspecified atom stereocenters. The number of nitrogens with two attached hydrogens (primary N) is 1. The molecular weight excluding hydrogens is 318 g/mol. The number of hydrogen-bond acceptors (Lipinski definition) is 5. The van der Waals surface area contributed by atoms with Gasteiger partial charge in [-0.05, 0) is 42.7 Å². The third-order valence-electron chi connectivity index (χ3n) is 4.55. The van der Waals surface area contributed by atoms with Crippen molar-refractivity contribution >= 4 is 17.6 Å². The van der Waals surface area contributed by atoms with Gasteiger partial charge in [0.2, 0.25) is 5.91 Å². The van der Waals surface area contributed by atoms with Crippen molar-refractivity contribution in [2.24, 2.45) is 5.73 Å². The van der Waals surface area contributed by atoms with Crippen LogP contribution in [0.15, 0.2) is 36.5 Å². The van der Waals surface area contributed by atoms with E-state index in [1.165, 1.54) is 7.11 Å². The fraction of sp³-hybridized carbons (Fsp3) is 0.316. The van der Waals surface area contributed by atoms with Crippen molar-refractivity contribution < 1.29 is 14.3 Å². The molecule has 0 saturated heterocycles. The Morgan fingerprint density at radius 2 is 1.96 bits per heavy atom. The summed E-state index contributed by atoms with van der Waals surface area (Å²) in [6, 6.07) is 9.26. The minimum atomic E-state index is -0.467. The van der Waals surface area contributed by atoms with Crippen molar-refractivity contribution in [2.45, 2.75) is 32.4 Å². The van der Waals surface area contributed by atoms with Crippen molar-refractivity contribution in [3.05, 3.63) is 47.8 Å². The van der Waals surface area contributed by atoms with Crippen LogP contribution in [-0.2, 0) is 9.53 Å². The fourth-order valence-corrected chi connectivity index (χ4v) is 3.36. The third kappa shape index (κ3) is 3.13. The Balaban J connectivity index is 1.99. The number of anilines is 1. The number of nitrogens with zero attached hydrogens (tertiary/aromatic N) is 2. The summed E-state index contributed by atoms with van der Waals surface area (Å²) in [4.78, 5) is 29.4. The van der Waals surface area contributed by atoms with E-state index < -0.39 is 5.97 Å². The smallest absolute Gasteiger partial charge is 0.356 e. The summed E-state index contributed by atoms with van der Waals surface area (Å²) in [5.41, 5.74) is 10.2. The van der Waals surface area contributed by atoms with Gasteiger partial charge in [-0.3, -0.25) is 4.79 Å². The maximum atomic E-state index is 12.0. The van der Waals surface area contributed by atoms with E-state index in [9.17, 15) is 9.59 Å². The molecule has 3 rings (SSSR count). The number of esters is 1. The second-order valence-electron chi connectivity index (χ2n) is 6.28. The highest BCUT2D eigenvalue weighted by molar-refractivity contribution is 5.94. The molecule has 0 saturated carbocycles. The van der Waals surface area contributed by atoms with Crippen LogP contribution in [-0.4, -0.2) is 30.0 Å². The Kier molecular flexibility index (Phi) is 4.55. The highest BCUT2D eigenvalue weighted by Crippen LogP contribution is 2.38. The van der Waals surface area contributed by atoms with Gasteiger partial charge in [-0.25, -0.2) is 9.78 Å². The molecule has 25 heavy (non-hydrogen) atoms. The zero-order valence-corrected chi connectivity index (χ0v) is 14.5. The number of ether oxygens (including phenoxy) is 1. The van der Waals surface area contributed by atoms with Gasteiger partial charge < -0.3 is 15.4 Å². The average Bonchev–Trinajstić information content (AvgIpc) is 2.60. The van der Waals surface area contributed by atoms with Crippen LogP contribution in [0, 0.1) is 0 Å². The molecule has 0 fully saturated rings. The molecule has 0 spiro atoms. The Morgan fingerprint density at radius 1 is 1.24 bits per heavy atom. The summed E-state index contributed by atoms with van der Waals surface area (Å²) in [5, 5.41) is 0. The SMILES string of the molecule is COC(=O)c1ccc(-c2ccc3c(c2)[C@H](N)C[C@H](C)N3C(C)=O)cn1. The number of fused-ring (bicyclic) bond motifs is 1. The van der Waals surface area contributed by atoms with Crippen molar-refractivity contribution in [1.82, 2.24) is 4.98 Å². The molecule has 6 heteroatoms. The van der Waals surface area contributed by atoms with Crippen molar-refractivity contribution in [1.29, 1.82) is 0 Å². The Labute approximate surface area is 146 Å². The molecule has 1 amide bonds.